The Morgan fingerprint density at radius 2 is 2.00 bits per heavy atom. The van der Waals surface area contributed by atoms with E-state index in [1.165, 1.54) is 25.9 Å². The lowest BCUT2D eigenvalue weighted by Crippen LogP contribution is -2.57. The van der Waals surface area contributed by atoms with E-state index in [9.17, 15) is 4.79 Å². The summed E-state index contributed by atoms with van der Waals surface area (Å²) in [4.78, 5) is 11.5. The molecule has 0 aliphatic carbocycles. The molecular weight excluding hydrogens is 164 g/mol. The third-order valence-electron chi connectivity index (χ3n) is 3.53. The van der Waals surface area contributed by atoms with Gasteiger partial charge < -0.3 is 9.80 Å². The minimum absolute atomic E-state index is 0.123. The predicted molar refractivity (Wildman–Crippen MR) is 53.3 cm³/mol. The highest BCUT2D eigenvalue weighted by molar-refractivity contribution is 5.79. The lowest BCUT2D eigenvalue weighted by atomic mass is 10.2. The zero-order chi connectivity index (χ0) is 9.90. The summed E-state index contributed by atoms with van der Waals surface area (Å²) in [6.07, 6.45) is 2.55. The number of amides is 1. The molecule has 3 heteroatoms. The molecule has 1 N–H and O–H groups in total. The number of hydrogen-bond donors (Lipinski definition) is 1. The van der Waals surface area contributed by atoms with E-state index in [0.29, 0.717) is 0 Å². The summed E-state index contributed by atoms with van der Waals surface area (Å²) in [5.74, 6) is 0.184. The molecule has 0 aromatic heterocycles. The molecule has 1 aliphatic heterocycles. The van der Waals surface area contributed by atoms with Crippen molar-refractivity contribution >= 4 is 5.91 Å². The van der Waals surface area contributed by atoms with E-state index >= 15 is 0 Å². The second-order valence-corrected chi connectivity index (χ2v) is 3.98. The number of likely N-dealkylation sites (tertiary alicyclic amines) is 1. The molecule has 1 unspecified atom stereocenters. The van der Waals surface area contributed by atoms with Crippen molar-refractivity contribution in [3.63, 3.8) is 0 Å². The molecule has 0 aromatic rings. The van der Waals surface area contributed by atoms with Gasteiger partial charge >= 0.3 is 0 Å². The van der Waals surface area contributed by atoms with Crippen LogP contribution in [0.15, 0.2) is 0 Å². The number of rotatable bonds is 3. The largest absolute Gasteiger partial charge is 0.354 e. The molecule has 0 aromatic carbocycles. The third kappa shape index (κ3) is 1.85. The summed E-state index contributed by atoms with van der Waals surface area (Å²) in [7, 11) is 1.72. The summed E-state index contributed by atoms with van der Waals surface area (Å²) in [6, 6.07) is 0.123. The molecule has 3 nitrogen and oxygen atoms in total. The van der Waals surface area contributed by atoms with E-state index in [1.54, 1.807) is 7.05 Å². The van der Waals surface area contributed by atoms with Crippen LogP contribution in [-0.2, 0) is 4.79 Å². The monoisotopic (exact) mass is 185 g/mol. The standard InChI is InChI=1S/C10H20N2O/c1-4-12(7-5-6-8-12)9(2)10(13)11-3/h9H,4-8H2,1-3H3/p+1. The number of carbonyl (C=O) groups is 1. The first-order valence-corrected chi connectivity index (χ1v) is 5.23. The van der Waals surface area contributed by atoms with Crippen molar-refractivity contribution in [2.75, 3.05) is 26.7 Å². The fourth-order valence-corrected chi connectivity index (χ4v) is 2.40. The van der Waals surface area contributed by atoms with Gasteiger partial charge in [-0.15, -0.1) is 0 Å². The maximum atomic E-state index is 11.5. The zero-order valence-corrected chi connectivity index (χ0v) is 8.97. The first-order chi connectivity index (χ1) is 6.16. The topological polar surface area (TPSA) is 29.1 Å². The van der Waals surface area contributed by atoms with Crippen molar-refractivity contribution in [2.45, 2.75) is 32.7 Å². The SMILES string of the molecule is CC[N+]1(C(C)C(=O)NC)CCCC1. The Bertz CT molecular complexity index is 185. The Kier molecular flexibility index (Phi) is 3.31. The molecule has 1 saturated heterocycles. The smallest absolute Gasteiger partial charge is 0.277 e. The molecule has 0 radical (unpaired) electrons. The van der Waals surface area contributed by atoms with Gasteiger partial charge in [0, 0.05) is 19.9 Å². The number of carbonyl (C=O) groups excluding carboxylic acids is 1. The van der Waals surface area contributed by atoms with Gasteiger partial charge in [-0.05, 0) is 13.8 Å². The van der Waals surface area contributed by atoms with E-state index in [2.05, 4.69) is 12.2 Å². The van der Waals surface area contributed by atoms with Crippen LogP contribution in [-0.4, -0.2) is 43.1 Å². The van der Waals surface area contributed by atoms with Crippen molar-refractivity contribution in [1.82, 2.24) is 5.32 Å². The minimum Gasteiger partial charge on any atom is -0.354 e. The Labute approximate surface area is 80.7 Å². The molecule has 0 spiro atoms. The normalized spacial score (nSPS) is 22.7. The molecule has 76 valence electrons. The number of nitrogens with zero attached hydrogens (tertiary/aromatic N) is 1. The Morgan fingerprint density at radius 3 is 2.38 bits per heavy atom. The van der Waals surface area contributed by atoms with Crippen LogP contribution < -0.4 is 5.32 Å². The highest BCUT2D eigenvalue weighted by atomic mass is 16.2. The summed E-state index contributed by atoms with van der Waals surface area (Å²) < 4.78 is 0.986. The summed E-state index contributed by atoms with van der Waals surface area (Å²) in [6.45, 7) is 7.66. The maximum absolute atomic E-state index is 11.5. The average molecular weight is 185 g/mol. The molecule has 0 bridgehead atoms. The van der Waals surface area contributed by atoms with Gasteiger partial charge in [-0.25, -0.2) is 0 Å². The number of hydrogen-bond acceptors (Lipinski definition) is 1. The van der Waals surface area contributed by atoms with Gasteiger partial charge in [0.05, 0.1) is 19.6 Å². The van der Waals surface area contributed by atoms with Gasteiger partial charge in [-0.1, -0.05) is 0 Å². The average Bonchev–Trinajstić information content (AvgIpc) is 2.65. The molecule has 1 aliphatic rings. The van der Waals surface area contributed by atoms with Gasteiger partial charge in [0.15, 0.2) is 6.04 Å². The van der Waals surface area contributed by atoms with Crippen molar-refractivity contribution in [3.8, 4) is 0 Å². The number of nitrogens with one attached hydrogen (secondary N) is 1. The molecule has 1 atom stereocenters. The molecule has 1 rings (SSSR count). The Morgan fingerprint density at radius 1 is 1.46 bits per heavy atom. The Hall–Kier alpha value is -0.570. The van der Waals surface area contributed by atoms with Crippen LogP contribution in [0.25, 0.3) is 0 Å². The van der Waals surface area contributed by atoms with E-state index in [4.69, 9.17) is 0 Å². The van der Waals surface area contributed by atoms with Crippen molar-refractivity contribution in [3.05, 3.63) is 0 Å². The van der Waals surface area contributed by atoms with E-state index < -0.39 is 0 Å². The quantitative estimate of drug-likeness (QED) is 0.646. The molecule has 1 amide bonds. The minimum atomic E-state index is 0.123. The van der Waals surface area contributed by atoms with Crippen LogP contribution >= 0.6 is 0 Å². The summed E-state index contributed by atoms with van der Waals surface area (Å²) >= 11 is 0. The zero-order valence-electron chi connectivity index (χ0n) is 8.97. The fraction of sp³-hybridized carbons (Fsp3) is 0.900. The first-order valence-electron chi connectivity index (χ1n) is 5.23. The molecule has 1 fully saturated rings. The second-order valence-electron chi connectivity index (χ2n) is 3.98. The summed E-state index contributed by atoms with van der Waals surface area (Å²) in [5, 5.41) is 2.75. The second kappa shape index (κ2) is 4.09. The van der Waals surface area contributed by atoms with Crippen LogP contribution in [0.1, 0.15) is 26.7 Å². The van der Waals surface area contributed by atoms with Gasteiger partial charge in [-0.3, -0.25) is 4.79 Å². The Balaban J connectivity index is 2.70. The van der Waals surface area contributed by atoms with Crippen molar-refractivity contribution in [1.29, 1.82) is 0 Å². The lowest BCUT2D eigenvalue weighted by Gasteiger charge is -2.37. The predicted octanol–water partition coefficient (Wildman–Crippen LogP) is 0.751. The highest BCUT2D eigenvalue weighted by Gasteiger charge is 2.39. The lowest BCUT2D eigenvalue weighted by molar-refractivity contribution is -0.928. The van der Waals surface area contributed by atoms with Gasteiger partial charge in [0.2, 0.25) is 0 Å². The van der Waals surface area contributed by atoms with Crippen molar-refractivity contribution < 1.29 is 9.28 Å². The van der Waals surface area contributed by atoms with Gasteiger partial charge in [0.1, 0.15) is 0 Å². The highest BCUT2D eigenvalue weighted by Crippen LogP contribution is 2.23. The molecule has 13 heavy (non-hydrogen) atoms. The molecule has 1 heterocycles. The molecular formula is C10H21N2O+. The van der Waals surface area contributed by atoms with E-state index in [-0.39, 0.29) is 11.9 Å². The van der Waals surface area contributed by atoms with E-state index in [1.807, 2.05) is 6.92 Å². The van der Waals surface area contributed by atoms with Crippen LogP contribution in [0.2, 0.25) is 0 Å². The van der Waals surface area contributed by atoms with Crippen LogP contribution in [0, 0.1) is 0 Å². The summed E-state index contributed by atoms with van der Waals surface area (Å²) in [5.41, 5.74) is 0. The van der Waals surface area contributed by atoms with Gasteiger partial charge in [-0.2, -0.15) is 0 Å². The van der Waals surface area contributed by atoms with Gasteiger partial charge in [0.25, 0.3) is 5.91 Å². The molecule has 0 saturated carbocycles. The van der Waals surface area contributed by atoms with E-state index in [0.717, 1.165) is 11.0 Å². The van der Waals surface area contributed by atoms with Crippen LogP contribution in [0.4, 0.5) is 0 Å². The van der Waals surface area contributed by atoms with Crippen LogP contribution in [0.5, 0.6) is 0 Å². The third-order valence-corrected chi connectivity index (χ3v) is 3.53. The maximum Gasteiger partial charge on any atom is 0.277 e. The number of likely N-dealkylation sites (N-methyl/N-ethyl adjacent to an activating group) is 2. The van der Waals surface area contributed by atoms with Crippen molar-refractivity contribution in [2.24, 2.45) is 0 Å². The van der Waals surface area contributed by atoms with Crippen LogP contribution in [0.3, 0.4) is 0 Å². The number of quaternary nitrogens is 1. The fourth-order valence-electron chi connectivity index (χ4n) is 2.40. The first kappa shape index (κ1) is 10.5.